The summed E-state index contributed by atoms with van der Waals surface area (Å²) in [6, 6.07) is 3.64. The predicted octanol–water partition coefficient (Wildman–Crippen LogP) is 1.82. The van der Waals surface area contributed by atoms with Gasteiger partial charge in [-0.1, -0.05) is 18.8 Å². The highest BCUT2D eigenvalue weighted by molar-refractivity contribution is 5.37. The van der Waals surface area contributed by atoms with Crippen LogP contribution in [0.15, 0.2) is 18.3 Å². The molecule has 62 valence electrons. The van der Waals surface area contributed by atoms with Gasteiger partial charge in [0.25, 0.3) is 0 Å². The maximum Gasteiger partial charge on any atom is 0.123 e. The van der Waals surface area contributed by atoms with E-state index >= 15 is 0 Å². The van der Waals surface area contributed by atoms with Crippen LogP contribution >= 0.6 is 0 Å². The summed E-state index contributed by atoms with van der Waals surface area (Å²) in [6.45, 7) is 2.11. The molecule has 0 saturated carbocycles. The summed E-state index contributed by atoms with van der Waals surface area (Å²) in [5.74, 6) is 6.58. The van der Waals surface area contributed by atoms with Crippen molar-refractivity contribution >= 4 is 5.82 Å². The van der Waals surface area contributed by atoms with Gasteiger partial charge in [0, 0.05) is 18.2 Å². The molecule has 1 rings (SSSR count). The molecule has 1 heterocycles. The first-order valence-electron chi connectivity index (χ1n) is 4.03. The minimum atomic E-state index is 0.538. The van der Waals surface area contributed by atoms with Crippen LogP contribution in [0, 0.1) is 11.8 Å². The number of aromatic nitrogens is 1. The second-order valence-corrected chi connectivity index (χ2v) is 2.52. The van der Waals surface area contributed by atoms with E-state index in [0.29, 0.717) is 5.82 Å². The second kappa shape index (κ2) is 4.40. The SMILES string of the molecule is CCCC#Cc1ccc(N)nc1. The number of hydrogen-bond donors (Lipinski definition) is 1. The van der Waals surface area contributed by atoms with Crippen molar-refractivity contribution in [3.63, 3.8) is 0 Å². The summed E-state index contributed by atoms with van der Waals surface area (Å²) in [4.78, 5) is 3.93. The average molecular weight is 160 g/mol. The standard InChI is InChI=1S/C10H12N2/c1-2-3-4-5-9-6-7-10(11)12-8-9/h6-8H,2-3H2,1H3,(H2,11,12). The number of rotatable bonds is 1. The van der Waals surface area contributed by atoms with Crippen molar-refractivity contribution in [1.82, 2.24) is 4.98 Å². The van der Waals surface area contributed by atoms with Crippen LogP contribution in [-0.4, -0.2) is 4.98 Å². The highest BCUT2D eigenvalue weighted by Crippen LogP contribution is 1.98. The number of nitrogens with two attached hydrogens (primary N) is 1. The molecule has 1 aromatic rings. The Hall–Kier alpha value is -1.49. The van der Waals surface area contributed by atoms with E-state index in [2.05, 4.69) is 23.7 Å². The van der Waals surface area contributed by atoms with E-state index in [4.69, 9.17) is 5.73 Å². The number of unbranched alkanes of at least 4 members (excludes halogenated alkanes) is 1. The van der Waals surface area contributed by atoms with Crippen molar-refractivity contribution in [1.29, 1.82) is 0 Å². The van der Waals surface area contributed by atoms with Crippen molar-refractivity contribution in [2.75, 3.05) is 5.73 Å². The van der Waals surface area contributed by atoms with Crippen LogP contribution in [0.5, 0.6) is 0 Å². The van der Waals surface area contributed by atoms with Gasteiger partial charge in [-0.05, 0) is 18.6 Å². The fourth-order valence-corrected chi connectivity index (χ4v) is 0.769. The van der Waals surface area contributed by atoms with Gasteiger partial charge in [-0.3, -0.25) is 0 Å². The molecule has 0 saturated heterocycles. The maximum absolute atomic E-state index is 5.42. The number of hydrogen-bond acceptors (Lipinski definition) is 2. The van der Waals surface area contributed by atoms with E-state index in [-0.39, 0.29) is 0 Å². The summed E-state index contributed by atoms with van der Waals surface area (Å²) >= 11 is 0. The lowest BCUT2D eigenvalue weighted by Crippen LogP contribution is -1.88. The van der Waals surface area contributed by atoms with Gasteiger partial charge in [-0.25, -0.2) is 4.98 Å². The molecule has 0 radical (unpaired) electrons. The fraction of sp³-hybridized carbons (Fsp3) is 0.300. The van der Waals surface area contributed by atoms with Gasteiger partial charge in [-0.2, -0.15) is 0 Å². The summed E-state index contributed by atoms with van der Waals surface area (Å²) in [5.41, 5.74) is 6.35. The van der Waals surface area contributed by atoms with Gasteiger partial charge in [-0.15, -0.1) is 0 Å². The van der Waals surface area contributed by atoms with Gasteiger partial charge in [0.15, 0.2) is 0 Å². The van der Waals surface area contributed by atoms with Gasteiger partial charge in [0.2, 0.25) is 0 Å². The number of nitrogens with zero attached hydrogens (tertiary/aromatic N) is 1. The van der Waals surface area contributed by atoms with E-state index in [1.807, 2.05) is 6.07 Å². The molecule has 0 fully saturated rings. The van der Waals surface area contributed by atoms with Crippen LogP contribution in [0.3, 0.4) is 0 Å². The predicted molar refractivity (Wildman–Crippen MR) is 50.4 cm³/mol. The van der Waals surface area contributed by atoms with Crippen LogP contribution in [0.25, 0.3) is 0 Å². The van der Waals surface area contributed by atoms with Gasteiger partial charge in [0.05, 0.1) is 0 Å². The molecule has 0 aliphatic heterocycles. The minimum absolute atomic E-state index is 0.538. The van der Waals surface area contributed by atoms with Crippen molar-refractivity contribution in [3.05, 3.63) is 23.9 Å². The van der Waals surface area contributed by atoms with Crippen molar-refractivity contribution < 1.29 is 0 Å². The molecule has 2 N–H and O–H groups in total. The Kier molecular flexibility index (Phi) is 3.16. The molecule has 0 spiro atoms. The lowest BCUT2D eigenvalue weighted by Gasteiger charge is -1.90. The van der Waals surface area contributed by atoms with E-state index in [1.54, 1.807) is 12.3 Å². The molecule has 2 nitrogen and oxygen atoms in total. The van der Waals surface area contributed by atoms with Gasteiger partial charge < -0.3 is 5.73 Å². The van der Waals surface area contributed by atoms with E-state index in [1.165, 1.54) is 0 Å². The van der Waals surface area contributed by atoms with Crippen molar-refractivity contribution in [3.8, 4) is 11.8 Å². The van der Waals surface area contributed by atoms with E-state index in [0.717, 1.165) is 18.4 Å². The molecule has 0 bridgehead atoms. The largest absolute Gasteiger partial charge is 0.384 e. The first kappa shape index (κ1) is 8.61. The summed E-state index contributed by atoms with van der Waals surface area (Å²) in [6.07, 6.45) is 3.72. The first-order chi connectivity index (χ1) is 5.83. The topological polar surface area (TPSA) is 38.9 Å². The van der Waals surface area contributed by atoms with Crippen LogP contribution in [0.4, 0.5) is 5.82 Å². The Morgan fingerprint density at radius 2 is 2.33 bits per heavy atom. The summed E-state index contributed by atoms with van der Waals surface area (Å²) < 4.78 is 0. The third-order valence-corrected chi connectivity index (χ3v) is 1.39. The zero-order chi connectivity index (χ0) is 8.81. The Morgan fingerprint density at radius 3 is 2.92 bits per heavy atom. The number of anilines is 1. The van der Waals surface area contributed by atoms with Crippen LogP contribution in [0.1, 0.15) is 25.3 Å². The molecular weight excluding hydrogens is 148 g/mol. The van der Waals surface area contributed by atoms with Crippen LogP contribution < -0.4 is 5.73 Å². The maximum atomic E-state index is 5.42. The van der Waals surface area contributed by atoms with Gasteiger partial charge >= 0.3 is 0 Å². The van der Waals surface area contributed by atoms with Crippen LogP contribution in [0.2, 0.25) is 0 Å². The Labute approximate surface area is 72.8 Å². The van der Waals surface area contributed by atoms with Crippen molar-refractivity contribution in [2.24, 2.45) is 0 Å². The Balaban J connectivity index is 2.66. The number of pyridine rings is 1. The lowest BCUT2D eigenvalue weighted by molar-refractivity contribution is 0.983. The Bertz CT molecular complexity index is 290. The van der Waals surface area contributed by atoms with Gasteiger partial charge in [0.1, 0.15) is 5.82 Å². The molecule has 0 aliphatic rings. The monoisotopic (exact) mass is 160 g/mol. The quantitative estimate of drug-likeness (QED) is 0.636. The Morgan fingerprint density at radius 1 is 1.50 bits per heavy atom. The fourth-order valence-electron chi connectivity index (χ4n) is 0.769. The minimum Gasteiger partial charge on any atom is -0.384 e. The zero-order valence-corrected chi connectivity index (χ0v) is 7.17. The third kappa shape index (κ3) is 2.63. The molecule has 0 unspecified atom stereocenters. The molecule has 0 atom stereocenters. The smallest absolute Gasteiger partial charge is 0.123 e. The molecule has 1 aromatic heterocycles. The molecule has 0 amide bonds. The van der Waals surface area contributed by atoms with Crippen molar-refractivity contribution in [2.45, 2.75) is 19.8 Å². The molecule has 0 aliphatic carbocycles. The first-order valence-corrected chi connectivity index (χ1v) is 4.03. The molecule has 0 aromatic carbocycles. The zero-order valence-electron chi connectivity index (χ0n) is 7.17. The number of nitrogen functional groups attached to an aromatic ring is 1. The van der Waals surface area contributed by atoms with E-state index < -0.39 is 0 Å². The van der Waals surface area contributed by atoms with Crippen LogP contribution in [-0.2, 0) is 0 Å². The molecule has 2 heteroatoms. The summed E-state index contributed by atoms with van der Waals surface area (Å²) in [7, 11) is 0. The highest BCUT2D eigenvalue weighted by Gasteiger charge is 1.86. The molecule has 12 heavy (non-hydrogen) atoms. The average Bonchev–Trinajstić information content (AvgIpc) is 2.09. The molecular formula is C10H12N2. The third-order valence-electron chi connectivity index (χ3n) is 1.39. The lowest BCUT2D eigenvalue weighted by atomic mass is 10.2. The second-order valence-electron chi connectivity index (χ2n) is 2.52. The van der Waals surface area contributed by atoms with E-state index in [9.17, 15) is 0 Å². The normalized spacial score (nSPS) is 8.75. The highest BCUT2D eigenvalue weighted by atomic mass is 14.8. The summed E-state index contributed by atoms with van der Waals surface area (Å²) in [5, 5.41) is 0.